The van der Waals surface area contributed by atoms with E-state index in [9.17, 15) is 4.79 Å². The van der Waals surface area contributed by atoms with Gasteiger partial charge in [0.2, 0.25) is 0 Å². The summed E-state index contributed by atoms with van der Waals surface area (Å²) in [5.41, 5.74) is 2.71. The molecule has 2 heterocycles. The van der Waals surface area contributed by atoms with Crippen LogP contribution in [0.3, 0.4) is 0 Å². The van der Waals surface area contributed by atoms with Gasteiger partial charge in [0.05, 0.1) is 20.1 Å². The third kappa shape index (κ3) is 3.78. The van der Waals surface area contributed by atoms with Crippen molar-refractivity contribution >= 4 is 5.97 Å². The second kappa shape index (κ2) is 7.11. The quantitative estimate of drug-likeness (QED) is 0.767. The molecule has 5 nitrogen and oxygen atoms in total. The first-order chi connectivity index (χ1) is 10.7. The van der Waals surface area contributed by atoms with E-state index in [1.54, 1.807) is 0 Å². The number of carbonyl (C=O) groups is 1. The Labute approximate surface area is 131 Å². The SMILES string of the molecule is COC(=O)CCN1CCN(Cc2ccc3c(c2)CCO3)CC1. The van der Waals surface area contributed by atoms with Crippen molar-refractivity contribution in [1.82, 2.24) is 9.80 Å². The van der Waals surface area contributed by atoms with Gasteiger partial charge in [-0.15, -0.1) is 0 Å². The van der Waals surface area contributed by atoms with E-state index in [1.807, 2.05) is 0 Å². The van der Waals surface area contributed by atoms with Gasteiger partial charge in [-0.05, 0) is 17.2 Å². The number of hydrogen-bond acceptors (Lipinski definition) is 5. The second-order valence-corrected chi connectivity index (χ2v) is 5.98. The van der Waals surface area contributed by atoms with E-state index in [-0.39, 0.29) is 5.97 Å². The highest BCUT2D eigenvalue weighted by Gasteiger charge is 2.19. The molecule has 22 heavy (non-hydrogen) atoms. The van der Waals surface area contributed by atoms with Crippen LogP contribution in [0, 0.1) is 0 Å². The molecule has 1 aromatic carbocycles. The minimum Gasteiger partial charge on any atom is -0.493 e. The fraction of sp³-hybridized carbons (Fsp3) is 0.588. The van der Waals surface area contributed by atoms with Crippen molar-refractivity contribution in [2.24, 2.45) is 0 Å². The molecule has 3 rings (SSSR count). The number of fused-ring (bicyclic) bond motifs is 1. The molecule has 0 bridgehead atoms. The van der Waals surface area contributed by atoms with Crippen LogP contribution < -0.4 is 4.74 Å². The van der Waals surface area contributed by atoms with Gasteiger partial charge in [0.1, 0.15) is 5.75 Å². The fourth-order valence-corrected chi connectivity index (χ4v) is 3.12. The maximum atomic E-state index is 11.2. The molecule has 0 unspecified atom stereocenters. The lowest BCUT2D eigenvalue weighted by molar-refractivity contribution is -0.141. The Morgan fingerprint density at radius 3 is 2.77 bits per heavy atom. The van der Waals surface area contributed by atoms with Crippen LogP contribution in [0.5, 0.6) is 5.75 Å². The summed E-state index contributed by atoms with van der Waals surface area (Å²) >= 11 is 0. The zero-order chi connectivity index (χ0) is 15.4. The summed E-state index contributed by atoms with van der Waals surface area (Å²) in [5, 5.41) is 0. The summed E-state index contributed by atoms with van der Waals surface area (Å²) in [6.45, 7) is 6.76. The first-order valence-corrected chi connectivity index (χ1v) is 8.01. The van der Waals surface area contributed by atoms with Crippen molar-refractivity contribution in [1.29, 1.82) is 0 Å². The third-order valence-corrected chi connectivity index (χ3v) is 4.48. The number of hydrogen-bond donors (Lipinski definition) is 0. The highest BCUT2D eigenvalue weighted by Crippen LogP contribution is 2.26. The monoisotopic (exact) mass is 304 g/mol. The number of benzene rings is 1. The van der Waals surface area contributed by atoms with E-state index in [2.05, 4.69) is 28.0 Å². The first-order valence-electron chi connectivity index (χ1n) is 8.01. The molecule has 0 aromatic heterocycles. The van der Waals surface area contributed by atoms with Crippen molar-refractivity contribution in [3.63, 3.8) is 0 Å². The van der Waals surface area contributed by atoms with Gasteiger partial charge in [-0.25, -0.2) is 0 Å². The number of carbonyl (C=O) groups excluding carboxylic acids is 1. The Balaban J connectivity index is 1.45. The molecule has 0 N–H and O–H groups in total. The maximum absolute atomic E-state index is 11.2. The van der Waals surface area contributed by atoms with Gasteiger partial charge in [-0.2, -0.15) is 0 Å². The number of esters is 1. The average molecular weight is 304 g/mol. The first kappa shape index (κ1) is 15.3. The Morgan fingerprint density at radius 1 is 1.23 bits per heavy atom. The minimum absolute atomic E-state index is 0.122. The van der Waals surface area contributed by atoms with Gasteiger partial charge in [-0.1, -0.05) is 12.1 Å². The molecule has 0 radical (unpaired) electrons. The zero-order valence-electron chi connectivity index (χ0n) is 13.2. The van der Waals surface area contributed by atoms with Crippen molar-refractivity contribution in [2.45, 2.75) is 19.4 Å². The van der Waals surface area contributed by atoms with E-state index < -0.39 is 0 Å². The molecular weight excluding hydrogens is 280 g/mol. The molecule has 0 spiro atoms. The van der Waals surface area contributed by atoms with Gasteiger partial charge < -0.3 is 14.4 Å². The smallest absolute Gasteiger partial charge is 0.306 e. The standard InChI is InChI=1S/C17H24N2O3/c1-21-17(20)4-6-18-7-9-19(10-8-18)13-14-2-3-16-15(12-14)5-11-22-16/h2-3,12H,4-11,13H2,1H3. The molecule has 1 saturated heterocycles. The number of methoxy groups -OCH3 is 1. The Hall–Kier alpha value is -1.59. The highest BCUT2D eigenvalue weighted by atomic mass is 16.5. The molecule has 1 fully saturated rings. The predicted octanol–water partition coefficient (Wildman–Crippen LogP) is 1.30. The van der Waals surface area contributed by atoms with E-state index in [0.717, 1.165) is 58.0 Å². The lowest BCUT2D eigenvalue weighted by Crippen LogP contribution is -2.46. The molecule has 0 amide bonds. The predicted molar refractivity (Wildman–Crippen MR) is 84.0 cm³/mol. The summed E-state index contributed by atoms with van der Waals surface area (Å²) in [6, 6.07) is 6.56. The van der Waals surface area contributed by atoms with Crippen molar-refractivity contribution < 1.29 is 14.3 Å². The Morgan fingerprint density at radius 2 is 2.00 bits per heavy atom. The van der Waals surface area contributed by atoms with Crippen LogP contribution in [-0.4, -0.2) is 62.2 Å². The van der Waals surface area contributed by atoms with E-state index >= 15 is 0 Å². The summed E-state index contributed by atoms with van der Waals surface area (Å²) in [5.74, 6) is 0.930. The summed E-state index contributed by atoms with van der Waals surface area (Å²) in [4.78, 5) is 16.0. The maximum Gasteiger partial charge on any atom is 0.306 e. The van der Waals surface area contributed by atoms with Crippen LogP contribution in [0.25, 0.3) is 0 Å². The molecule has 120 valence electrons. The summed E-state index contributed by atoms with van der Waals surface area (Å²) < 4.78 is 10.2. The van der Waals surface area contributed by atoms with E-state index in [1.165, 1.54) is 18.2 Å². The number of rotatable bonds is 5. The third-order valence-electron chi connectivity index (χ3n) is 4.48. The molecule has 2 aliphatic rings. The van der Waals surface area contributed by atoms with Gasteiger partial charge in [0, 0.05) is 45.7 Å². The Kier molecular flexibility index (Phi) is 4.95. The van der Waals surface area contributed by atoms with Crippen LogP contribution >= 0.6 is 0 Å². The van der Waals surface area contributed by atoms with E-state index in [4.69, 9.17) is 9.47 Å². The second-order valence-electron chi connectivity index (χ2n) is 5.98. The molecule has 0 saturated carbocycles. The molecule has 1 aromatic rings. The summed E-state index contributed by atoms with van der Waals surface area (Å²) in [6.07, 6.45) is 1.52. The van der Waals surface area contributed by atoms with Crippen molar-refractivity contribution in [3.8, 4) is 5.75 Å². The number of ether oxygens (including phenoxy) is 2. The van der Waals surface area contributed by atoms with Crippen LogP contribution in [-0.2, 0) is 22.5 Å². The molecule has 5 heteroatoms. The number of piperazine rings is 1. The normalized spacial score (nSPS) is 18.8. The lowest BCUT2D eigenvalue weighted by Gasteiger charge is -2.34. The zero-order valence-corrected chi connectivity index (χ0v) is 13.2. The largest absolute Gasteiger partial charge is 0.493 e. The summed E-state index contributed by atoms with van der Waals surface area (Å²) in [7, 11) is 1.45. The van der Waals surface area contributed by atoms with Gasteiger partial charge in [0.25, 0.3) is 0 Å². The Bertz CT molecular complexity index is 525. The van der Waals surface area contributed by atoms with Crippen LogP contribution in [0.4, 0.5) is 0 Å². The van der Waals surface area contributed by atoms with Gasteiger partial charge in [-0.3, -0.25) is 9.69 Å². The van der Waals surface area contributed by atoms with E-state index in [0.29, 0.717) is 6.42 Å². The molecular formula is C17H24N2O3. The molecule has 2 aliphatic heterocycles. The average Bonchev–Trinajstić information content (AvgIpc) is 3.01. The van der Waals surface area contributed by atoms with Crippen molar-refractivity contribution in [3.05, 3.63) is 29.3 Å². The highest BCUT2D eigenvalue weighted by molar-refractivity contribution is 5.69. The van der Waals surface area contributed by atoms with Crippen molar-refractivity contribution in [2.75, 3.05) is 46.4 Å². The molecule has 0 aliphatic carbocycles. The minimum atomic E-state index is -0.122. The van der Waals surface area contributed by atoms with Crippen LogP contribution in [0.1, 0.15) is 17.5 Å². The number of nitrogens with zero attached hydrogens (tertiary/aromatic N) is 2. The lowest BCUT2D eigenvalue weighted by atomic mass is 10.1. The van der Waals surface area contributed by atoms with Gasteiger partial charge >= 0.3 is 5.97 Å². The topological polar surface area (TPSA) is 42.0 Å². The van der Waals surface area contributed by atoms with Crippen LogP contribution in [0.15, 0.2) is 18.2 Å². The fourth-order valence-electron chi connectivity index (χ4n) is 3.12. The molecule has 0 atom stereocenters. The van der Waals surface area contributed by atoms with Crippen LogP contribution in [0.2, 0.25) is 0 Å². The van der Waals surface area contributed by atoms with Gasteiger partial charge in [0.15, 0.2) is 0 Å².